The summed E-state index contributed by atoms with van der Waals surface area (Å²) in [5.74, 6) is 0.591. The van der Waals surface area contributed by atoms with Crippen LogP contribution in [0.25, 0.3) is 0 Å². The summed E-state index contributed by atoms with van der Waals surface area (Å²) < 4.78 is 0. The largest absolute Gasteiger partial charge is 0.297 e. The van der Waals surface area contributed by atoms with Crippen LogP contribution in [0.15, 0.2) is 91.0 Å². The second-order valence-corrected chi connectivity index (χ2v) is 10.0. The van der Waals surface area contributed by atoms with Gasteiger partial charge in [0.2, 0.25) is 0 Å². The maximum Gasteiger partial charge on any atom is 0.107 e. The molecule has 2 aliphatic rings. The Morgan fingerprint density at radius 1 is 0.758 bits per heavy atom. The molecular formula is C31H34N2. The van der Waals surface area contributed by atoms with E-state index in [2.05, 4.69) is 89.8 Å². The molecule has 2 saturated heterocycles. The minimum Gasteiger partial charge on any atom is -0.297 e. The van der Waals surface area contributed by atoms with Gasteiger partial charge in [-0.05, 0) is 74.1 Å². The van der Waals surface area contributed by atoms with Crippen molar-refractivity contribution in [1.82, 2.24) is 4.90 Å². The first-order chi connectivity index (χ1) is 16.3. The van der Waals surface area contributed by atoms with Gasteiger partial charge in [0.25, 0.3) is 0 Å². The molecule has 3 aromatic rings. The monoisotopic (exact) mass is 434 g/mol. The number of piperidine rings is 1. The average Bonchev–Trinajstić information content (AvgIpc) is 3.12. The van der Waals surface area contributed by atoms with Gasteiger partial charge in [-0.2, -0.15) is 5.26 Å². The number of rotatable bonds is 8. The average molecular weight is 435 g/mol. The molecule has 2 aliphatic heterocycles. The van der Waals surface area contributed by atoms with Crippen LogP contribution in [-0.4, -0.2) is 23.5 Å². The summed E-state index contributed by atoms with van der Waals surface area (Å²) in [6.07, 6.45) is 8.42. The molecular weight excluding hydrogens is 400 g/mol. The third-order valence-corrected chi connectivity index (χ3v) is 8.03. The molecule has 3 atom stereocenters. The highest BCUT2D eigenvalue weighted by atomic mass is 15.2. The smallest absolute Gasteiger partial charge is 0.107 e. The van der Waals surface area contributed by atoms with Crippen molar-refractivity contribution in [3.05, 3.63) is 108 Å². The summed E-state index contributed by atoms with van der Waals surface area (Å²) in [4.78, 5) is 2.80. The van der Waals surface area contributed by atoms with E-state index in [1.807, 2.05) is 12.1 Å². The molecule has 2 heteroatoms. The van der Waals surface area contributed by atoms with Gasteiger partial charge in [0.1, 0.15) is 5.41 Å². The van der Waals surface area contributed by atoms with Gasteiger partial charge in [0, 0.05) is 12.1 Å². The van der Waals surface area contributed by atoms with Gasteiger partial charge in [0.05, 0.1) is 6.07 Å². The first-order valence-corrected chi connectivity index (χ1v) is 12.6. The van der Waals surface area contributed by atoms with E-state index in [-0.39, 0.29) is 0 Å². The lowest BCUT2D eigenvalue weighted by atomic mass is 9.68. The van der Waals surface area contributed by atoms with E-state index >= 15 is 0 Å². The van der Waals surface area contributed by atoms with Crippen LogP contribution in [0.5, 0.6) is 0 Å². The van der Waals surface area contributed by atoms with Crippen LogP contribution in [-0.2, 0) is 11.8 Å². The van der Waals surface area contributed by atoms with Crippen LogP contribution in [0.3, 0.4) is 0 Å². The van der Waals surface area contributed by atoms with Crippen molar-refractivity contribution >= 4 is 0 Å². The molecule has 2 nitrogen and oxygen atoms in total. The maximum atomic E-state index is 10.6. The van der Waals surface area contributed by atoms with E-state index < -0.39 is 5.41 Å². The van der Waals surface area contributed by atoms with E-state index in [0.29, 0.717) is 18.0 Å². The molecule has 0 radical (unpaired) electrons. The molecule has 33 heavy (non-hydrogen) atoms. The number of nitriles is 1. The molecule has 0 spiro atoms. The van der Waals surface area contributed by atoms with E-state index in [1.165, 1.54) is 50.6 Å². The second kappa shape index (κ2) is 9.94. The van der Waals surface area contributed by atoms with Gasteiger partial charge in [-0.1, -0.05) is 91.0 Å². The Kier molecular flexibility index (Phi) is 6.60. The fraction of sp³-hybridized carbons (Fsp3) is 0.387. The Morgan fingerprint density at radius 3 is 1.79 bits per heavy atom. The predicted octanol–water partition coefficient (Wildman–Crippen LogP) is 6.76. The molecule has 0 saturated carbocycles. The molecule has 1 unspecified atom stereocenters. The van der Waals surface area contributed by atoms with Crippen LogP contribution in [0.4, 0.5) is 0 Å². The summed E-state index contributed by atoms with van der Waals surface area (Å²) in [5.41, 5.74) is 3.15. The summed E-state index contributed by atoms with van der Waals surface area (Å²) in [6, 6.07) is 36.0. The highest BCUT2D eigenvalue weighted by Crippen LogP contribution is 2.46. The SMILES string of the molecule is N#CC(CC1C[C@H]2CC[C@@H](C1)N2CCCc1ccccc1)(c1ccccc1)c1ccccc1. The zero-order valence-electron chi connectivity index (χ0n) is 19.4. The van der Waals surface area contributed by atoms with E-state index in [4.69, 9.17) is 0 Å². The van der Waals surface area contributed by atoms with E-state index in [0.717, 1.165) is 17.5 Å². The minimum absolute atomic E-state index is 0.567. The molecule has 2 fully saturated rings. The van der Waals surface area contributed by atoms with Crippen LogP contribution >= 0.6 is 0 Å². The summed E-state index contributed by atoms with van der Waals surface area (Å²) in [7, 11) is 0. The van der Waals surface area contributed by atoms with E-state index in [9.17, 15) is 5.26 Å². The number of fused-ring (bicyclic) bond motifs is 2. The van der Waals surface area contributed by atoms with Gasteiger partial charge in [-0.25, -0.2) is 0 Å². The highest BCUT2D eigenvalue weighted by Gasteiger charge is 2.44. The van der Waals surface area contributed by atoms with Gasteiger partial charge in [-0.15, -0.1) is 0 Å². The van der Waals surface area contributed by atoms with Crippen molar-refractivity contribution < 1.29 is 0 Å². The Morgan fingerprint density at radius 2 is 1.27 bits per heavy atom. The molecule has 168 valence electrons. The van der Waals surface area contributed by atoms with Crippen molar-refractivity contribution in [2.45, 2.75) is 62.4 Å². The Bertz CT molecular complexity index is 1000. The third-order valence-electron chi connectivity index (χ3n) is 8.03. The molecule has 0 aliphatic carbocycles. The van der Waals surface area contributed by atoms with Crippen molar-refractivity contribution in [2.24, 2.45) is 5.92 Å². The van der Waals surface area contributed by atoms with Crippen LogP contribution in [0.1, 0.15) is 55.2 Å². The molecule has 0 amide bonds. The quantitative estimate of drug-likeness (QED) is 0.391. The molecule has 0 aromatic heterocycles. The summed E-state index contributed by atoms with van der Waals surface area (Å²) in [5, 5.41) is 10.6. The van der Waals surface area contributed by atoms with Gasteiger partial charge in [-0.3, -0.25) is 4.90 Å². The third kappa shape index (κ3) is 4.61. The number of hydrogen-bond acceptors (Lipinski definition) is 2. The Hall–Kier alpha value is -2.89. The van der Waals surface area contributed by atoms with E-state index in [1.54, 1.807) is 0 Å². The summed E-state index contributed by atoms with van der Waals surface area (Å²) >= 11 is 0. The highest BCUT2D eigenvalue weighted by molar-refractivity contribution is 5.46. The molecule has 0 N–H and O–H groups in total. The molecule has 2 heterocycles. The van der Waals surface area contributed by atoms with Gasteiger partial charge < -0.3 is 0 Å². The fourth-order valence-corrected chi connectivity index (χ4v) is 6.48. The number of nitrogens with zero attached hydrogens (tertiary/aromatic N) is 2. The maximum absolute atomic E-state index is 10.6. The van der Waals surface area contributed by atoms with Crippen molar-refractivity contribution in [1.29, 1.82) is 5.26 Å². The molecule has 5 rings (SSSR count). The van der Waals surface area contributed by atoms with Crippen molar-refractivity contribution in [3.8, 4) is 6.07 Å². The Labute approximate surface area is 198 Å². The standard InChI is InChI=1S/C31H34N2/c32-24-31(27-14-6-2-7-15-27,28-16-8-3-9-17-28)23-26-21-29-18-19-30(22-26)33(29)20-10-13-25-11-4-1-5-12-25/h1-9,11-12,14-17,26,29-30H,10,13,18-23H2/t26?,29-,30+. The first kappa shape index (κ1) is 21.9. The summed E-state index contributed by atoms with van der Waals surface area (Å²) in [6.45, 7) is 1.21. The molecule has 2 bridgehead atoms. The minimum atomic E-state index is -0.567. The normalized spacial score (nSPS) is 22.7. The molecule has 3 aromatic carbocycles. The van der Waals surface area contributed by atoms with Crippen LogP contribution in [0, 0.1) is 17.2 Å². The fourth-order valence-electron chi connectivity index (χ4n) is 6.48. The van der Waals surface area contributed by atoms with Crippen LogP contribution in [0.2, 0.25) is 0 Å². The van der Waals surface area contributed by atoms with Gasteiger partial charge in [0.15, 0.2) is 0 Å². The lowest BCUT2D eigenvalue weighted by Crippen LogP contribution is -2.45. The lowest BCUT2D eigenvalue weighted by Gasteiger charge is -2.42. The topological polar surface area (TPSA) is 27.0 Å². The number of aryl methyl sites for hydroxylation is 1. The first-order valence-electron chi connectivity index (χ1n) is 12.6. The number of benzene rings is 3. The zero-order chi connectivity index (χ0) is 22.5. The van der Waals surface area contributed by atoms with Crippen molar-refractivity contribution in [2.75, 3.05) is 6.54 Å². The predicted molar refractivity (Wildman–Crippen MR) is 135 cm³/mol. The zero-order valence-corrected chi connectivity index (χ0v) is 19.4. The number of hydrogen-bond donors (Lipinski definition) is 0. The van der Waals surface area contributed by atoms with Crippen LogP contribution < -0.4 is 0 Å². The van der Waals surface area contributed by atoms with Crippen molar-refractivity contribution in [3.63, 3.8) is 0 Å². The lowest BCUT2D eigenvalue weighted by molar-refractivity contribution is 0.0943. The Balaban J connectivity index is 1.30. The van der Waals surface area contributed by atoms with Gasteiger partial charge >= 0.3 is 0 Å². The second-order valence-electron chi connectivity index (χ2n) is 10.0.